The van der Waals surface area contributed by atoms with Gasteiger partial charge in [0.25, 0.3) is 5.91 Å². The van der Waals surface area contributed by atoms with Gasteiger partial charge in [-0.3, -0.25) is 14.5 Å². The fraction of sp³-hybridized carbons (Fsp3) is 0.550. The van der Waals surface area contributed by atoms with Crippen molar-refractivity contribution in [3.63, 3.8) is 0 Å². The van der Waals surface area contributed by atoms with Crippen LogP contribution < -0.4 is 10.2 Å². The molecule has 5 atom stereocenters. The van der Waals surface area contributed by atoms with Gasteiger partial charge in [-0.05, 0) is 42.4 Å². The van der Waals surface area contributed by atoms with Crippen molar-refractivity contribution >= 4 is 23.6 Å². The van der Waals surface area contributed by atoms with Crippen molar-refractivity contribution in [3.05, 3.63) is 29.6 Å². The topological polar surface area (TPSA) is 99.2 Å². The largest absolute Gasteiger partial charge is 0.442 e. The zero-order valence-corrected chi connectivity index (χ0v) is 16.3. The second kappa shape index (κ2) is 7.29. The maximum Gasteiger partial charge on any atom is 0.414 e. The molecule has 1 saturated carbocycles. The summed E-state index contributed by atoms with van der Waals surface area (Å²) < 4.78 is 20.0. The summed E-state index contributed by atoms with van der Waals surface area (Å²) in [5.41, 5.74) is 1.01. The molecular formula is C20H24FN3O5. The number of anilines is 1. The number of ether oxygens (including phenoxy) is 1. The summed E-state index contributed by atoms with van der Waals surface area (Å²) in [7, 11) is 0. The number of rotatable bonds is 5. The molecule has 9 heteroatoms. The maximum atomic E-state index is 14.8. The number of nitrogens with zero attached hydrogens (tertiary/aromatic N) is 2. The second-order valence-electron chi connectivity index (χ2n) is 8.03. The highest BCUT2D eigenvalue weighted by Crippen LogP contribution is 2.58. The Hall–Kier alpha value is -2.68. The van der Waals surface area contributed by atoms with Gasteiger partial charge in [-0.25, -0.2) is 9.18 Å². The highest BCUT2D eigenvalue weighted by Gasteiger charge is 2.58. The number of aliphatic hydroxyl groups is 1. The minimum Gasteiger partial charge on any atom is -0.442 e. The Labute approximate surface area is 167 Å². The van der Waals surface area contributed by atoms with Crippen molar-refractivity contribution in [1.82, 2.24) is 10.2 Å². The van der Waals surface area contributed by atoms with Crippen molar-refractivity contribution in [2.24, 2.45) is 11.8 Å². The van der Waals surface area contributed by atoms with Gasteiger partial charge in [0.05, 0.1) is 18.8 Å². The van der Waals surface area contributed by atoms with Crippen LogP contribution in [-0.2, 0) is 14.3 Å². The fourth-order valence-corrected chi connectivity index (χ4v) is 4.48. The lowest BCUT2D eigenvalue weighted by atomic mass is 10.0. The molecule has 3 amide bonds. The van der Waals surface area contributed by atoms with E-state index in [1.165, 1.54) is 24.8 Å². The molecule has 1 aliphatic carbocycles. The van der Waals surface area contributed by atoms with E-state index in [1.807, 2.05) is 0 Å². The number of piperidine rings is 1. The molecule has 3 aliphatic rings. The number of benzene rings is 1. The molecular weight excluding hydrogens is 381 g/mol. The second-order valence-corrected chi connectivity index (χ2v) is 8.03. The van der Waals surface area contributed by atoms with Crippen LogP contribution in [0.1, 0.15) is 25.3 Å². The zero-order valence-electron chi connectivity index (χ0n) is 16.3. The predicted octanol–water partition coefficient (Wildman–Crippen LogP) is 0.840. The van der Waals surface area contributed by atoms with Gasteiger partial charge in [0, 0.05) is 20.0 Å². The number of aliphatic hydroxyl groups excluding tert-OH is 1. The van der Waals surface area contributed by atoms with Crippen LogP contribution >= 0.6 is 0 Å². The first kappa shape index (κ1) is 19.6. The third kappa shape index (κ3) is 3.66. The van der Waals surface area contributed by atoms with E-state index >= 15 is 0 Å². The average Bonchev–Trinajstić information content (AvgIpc) is 3.00. The number of nitrogens with one attached hydrogen (secondary N) is 1. The van der Waals surface area contributed by atoms with Crippen LogP contribution in [0.15, 0.2) is 18.2 Å². The highest BCUT2D eigenvalue weighted by atomic mass is 19.1. The van der Waals surface area contributed by atoms with Gasteiger partial charge in [0.1, 0.15) is 18.0 Å². The summed E-state index contributed by atoms with van der Waals surface area (Å²) in [5, 5.41) is 12.0. The minimum atomic E-state index is -1.02. The molecule has 0 aromatic heterocycles. The predicted molar refractivity (Wildman–Crippen MR) is 101 cm³/mol. The number of amides is 3. The molecule has 0 radical (unpaired) electrons. The van der Waals surface area contributed by atoms with Crippen LogP contribution in [0.4, 0.5) is 14.9 Å². The van der Waals surface area contributed by atoms with Crippen LogP contribution in [0.3, 0.4) is 0 Å². The quantitative estimate of drug-likeness (QED) is 0.756. The Morgan fingerprint density at radius 1 is 1.31 bits per heavy atom. The summed E-state index contributed by atoms with van der Waals surface area (Å²) in [6, 6.07) is 4.74. The van der Waals surface area contributed by atoms with Gasteiger partial charge in [-0.2, -0.15) is 0 Å². The molecule has 0 bridgehead atoms. The van der Waals surface area contributed by atoms with Gasteiger partial charge in [-0.1, -0.05) is 6.07 Å². The summed E-state index contributed by atoms with van der Waals surface area (Å²) in [4.78, 5) is 38.0. The van der Waals surface area contributed by atoms with Crippen molar-refractivity contribution < 1.29 is 28.6 Å². The number of cyclic esters (lactones) is 1. The Morgan fingerprint density at radius 2 is 2.00 bits per heavy atom. The van der Waals surface area contributed by atoms with E-state index in [0.29, 0.717) is 24.3 Å². The first-order chi connectivity index (χ1) is 13.8. The molecule has 8 nitrogen and oxygen atoms in total. The number of likely N-dealkylation sites (tertiary alicyclic amines) is 1. The van der Waals surface area contributed by atoms with Crippen molar-refractivity contribution in [2.45, 2.75) is 32.0 Å². The number of hydrogen-bond acceptors (Lipinski definition) is 5. The number of carbonyl (C=O) groups excluding carboxylic acids is 3. The molecule has 156 valence electrons. The first-order valence-electron chi connectivity index (χ1n) is 9.75. The number of fused-ring (bicyclic) bond motifs is 1. The van der Waals surface area contributed by atoms with Gasteiger partial charge < -0.3 is 20.1 Å². The van der Waals surface area contributed by atoms with Crippen LogP contribution in [-0.4, -0.2) is 66.3 Å². The zero-order chi connectivity index (χ0) is 20.9. The smallest absolute Gasteiger partial charge is 0.414 e. The Balaban J connectivity index is 1.40. The Kier molecular flexibility index (Phi) is 4.94. The Morgan fingerprint density at radius 3 is 2.59 bits per heavy atom. The fourth-order valence-electron chi connectivity index (χ4n) is 4.48. The molecule has 2 aliphatic heterocycles. The molecule has 4 rings (SSSR count). The molecule has 29 heavy (non-hydrogen) atoms. The Bertz CT molecular complexity index is 849. The molecule has 3 fully saturated rings. The molecule has 2 heterocycles. The summed E-state index contributed by atoms with van der Waals surface area (Å²) in [5.74, 6) is -0.408. The van der Waals surface area contributed by atoms with E-state index < -0.39 is 18.3 Å². The normalized spacial score (nSPS) is 28.8. The molecule has 2 saturated heterocycles. The van der Waals surface area contributed by atoms with Crippen molar-refractivity contribution in [2.75, 3.05) is 31.1 Å². The third-order valence-electron chi connectivity index (χ3n) is 5.97. The van der Waals surface area contributed by atoms with Gasteiger partial charge in [-0.15, -0.1) is 0 Å². The SMILES string of the molecule is CC(=O)NC[C@H]1CN(c2ccc([C@H]3[C@@H]4CN(C(=O)[C@H](C)O)C[C@@H]43)c(F)c2)C(=O)O1. The minimum absolute atomic E-state index is 0.0557. The van der Waals surface area contributed by atoms with Crippen molar-refractivity contribution in [1.29, 1.82) is 0 Å². The van der Waals surface area contributed by atoms with E-state index in [1.54, 1.807) is 17.0 Å². The lowest BCUT2D eigenvalue weighted by Gasteiger charge is -2.21. The molecule has 0 spiro atoms. The lowest BCUT2D eigenvalue weighted by molar-refractivity contribution is -0.138. The van der Waals surface area contributed by atoms with Crippen LogP contribution in [0.25, 0.3) is 0 Å². The van der Waals surface area contributed by atoms with Crippen molar-refractivity contribution in [3.8, 4) is 0 Å². The number of halogens is 1. The summed E-state index contributed by atoms with van der Waals surface area (Å²) in [6.45, 7) is 4.35. The van der Waals surface area contributed by atoms with Gasteiger partial charge in [0.2, 0.25) is 5.91 Å². The monoisotopic (exact) mass is 405 g/mol. The lowest BCUT2D eigenvalue weighted by Crippen LogP contribution is -2.37. The molecule has 1 aromatic carbocycles. The van der Waals surface area contributed by atoms with Crippen LogP contribution in [0, 0.1) is 17.7 Å². The first-order valence-corrected chi connectivity index (χ1v) is 9.75. The van der Waals surface area contributed by atoms with E-state index in [0.717, 1.165) is 0 Å². The molecule has 2 N–H and O–H groups in total. The third-order valence-corrected chi connectivity index (χ3v) is 5.97. The van der Waals surface area contributed by atoms with Gasteiger partial charge >= 0.3 is 6.09 Å². The summed E-state index contributed by atoms with van der Waals surface area (Å²) >= 11 is 0. The maximum absolute atomic E-state index is 14.8. The van der Waals surface area contributed by atoms with Gasteiger partial charge in [0.15, 0.2) is 0 Å². The standard InChI is InChI=1S/C20H24FN3O5/c1-10(25)19(27)23-8-15-16(9-23)18(15)14-4-3-12(5-17(14)21)24-7-13(29-20(24)28)6-22-11(2)26/h3-5,10,13,15-16,18,25H,6-9H2,1-2H3,(H,22,26)/t10-,13-,15-,16+,18+/m0/s1. The van der Waals surface area contributed by atoms with Crippen LogP contribution in [0.2, 0.25) is 0 Å². The average molecular weight is 405 g/mol. The van der Waals surface area contributed by atoms with E-state index in [4.69, 9.17) is 4.74 Å². The highest BCUT2D eigenvalue weighted by molar-refractivity contribution is 5.90. The molecule has 1 aromatic rings. The van der Waals surface area contributed by atoms with E-state index in [-0.39, 0.29) is 48.5 Å². The van der Waals surface area contributed by atoms with Crippen LogP contribution in [0.5, 0.6) is 0 Å². The van der Waals surface area contributed by atoms with E-state index in [9.17, 15) is 23.9 Å². The summed E-state index contributed by atoms with van der Waals surface area (Å²) in [6.07, 6.45) is -2.06. The van der Waals surface area contributed by atoms with E-state index in [2.05, 4.69) is 5.32 Å². The number of hydrogen-bond donors (Lipinski definition) is 2. The molecule has 0 unspecified atom stereocenters. The number of carbonyl (C=O) groups is 3.